The van der Waals surface area contributed by atoms with Crippen LogP contribution >= 0.6 is 0 Å². The summed E-state index contributed by atoms with van der Waals surface area (Å²) in [6, 6.07) is 10.7. The molecule has 2 aromatic carbocycles. The molecule has 0 aliphatic carbocycles. The molecule has 0 atom stereocenters. The molecule has 0 amide bonds. The summed E-state index contributed by atoms with van der Waals surface area (Å²) in [6.07, 6.45) is 0. The second-order valence-corrected chi connectivity index (χ2v) is 3.83. The summed E-state index contributed by atoms with van der Waals surface area (Å²) >= 11 is 0. The zero-order valence-corrected chi connectivity index (χ0v) is 9.41. The number of hydrogen-bond acceptors (Lipinski definition) is 1. The molecule has 0 radical (unpaired) electrons. The van der Waals surface area contributed by atoms with Crippen LogP contribution in [0.5, 0.6) is 5.75 Å². The molecular formula is C14H12F2O. The van der Waals surface area contributed by atoms with Crippen molar-refractivity contribution in [3.63, 3.8) is 0 Å². The molecule has 0 saturated heterocycles. The van der Waals surface area contributed by atoms with Crippen LogP contribution in [0.1, 0.15) is 11.1 Å². The van der Waals surface area contributed by atoms with Crippen LogP contribution in [0.25, 0.3) is 0 Å². The molecule has 3 heteroatoms. The molecule has 0 aliphatic rings. The highest BCUT2D eigenvalue weighted by Crippen LogP contribution is 2.17. The largest absolute Gasteiger partial charge is 0.489 e. The SMILES string of the molecule is Cc1cc(OCc2ccc(F)cc2)ccc1F. The summed E-state index contributed by atoms with van der Waals surface area (Å²) in [5.74, 6) is 0.0822. The van der Waals surface area contributed by atoms with Crippen LogP contribution in [0.3, 0.4) is 0 Å². The van der Waals surface area contributed by atoms with Crippen molar-refractivity contribution < 1.29 is 13.5 Å². The molecular weight excluding hydrogens is 222 g/mol. The van der Waals surface area contributed by atoms with Gasteiger partial charge in [0.1, 0.15) is 24.0 Å². The van der Waals surface area contributed by atoms with Crippen LogP contribution in [0, 0.1) is 18.6 Å². The molecule has 0 aliphatic heterocycles. The zero-order valence-electron chi connectivity index (χ0n) is 9.41. The third-order valence-electron chi connectivity index (χ3n) is 2.45. The Bertz CT molecular complexity index is 506. The van der Waals surface area contributed by atoms with Gasteiger partial charge in [0.25, 0.3) is 0 Å². The van der Waals surface area contributed by atoms with Crippen molar-refractivity contribution in [3.05, 3.63) is 65.2 Å². The van der Waals surface area contributed by atoms with Gasteiger partial charge >= 0.3 is 0 Å². The van der Waals surface area contributed by atoms with Crippen LogP contribution in [0.15, 0.2) is 42.5 Å². The zero-order chi connectivity index (χ0) is 12.3. The van der Waals surface area contributed by atoms with Gasteiger partial charge in [0.05, 0.1) is 0 Å². The number of halogens is 2. The molecule has 0 bridgehead atoms. The Kier molecular flexibility index (Phi) is 3.38. The van der Waals surface area contributed by atoms with Crippen LogP contribution < -0.4 is 4.74 Å². The third-order valence-corrected chi connectivity index (χ3v) is 2.45. The smallest absolute Gasteiger partial charge is 0.126 e. The Morgan fingerprint density at radius 1 is 1.00 bits per heavy atom. The summed E-state index contributed by atoms with van der Waals surface area (Å²) in [4.78, 5) is 0. The topological polar surface area (TPSA) is 9.23 Å². The normalized spacial score (nSPS) is 10.3. The average Bonchev–Trinajstić information content (AvgIpc) is 2.33. The number of rotatable bonds is 3. The first kappa shape index (κ1) is 11.6. The van der Waals surface area contributed by atoms with E-state index in [4.69, 9.17) is 4.74 Å². The predicted octanol–water partition coefficient (Wildman–Crippen LogP) is 3.85. The Balaban J connectivity index is 2.02. The lowest BCUT2D eigenvalue weighted by atomic mass is 10.2. The van der Waals surface area contributed by atoms with E-state index in [0.29, 0.717) is 17.9 Å². The Morgan fingerprint density at radius 2 is 1.71 bits per heavy atom. The summed E-state index contributed by atoms with van der Waals surface area (Å²) in [7, 11) is 0. The van der Waals surface area contributed by atoms with E-state index in [-0.39, 0.29) is 11.6 Å². The first-order chi connectivity index (χ1) is 8.15. The van der Waals surface area contributed by atoms with Gasteiger partial charge in [0, 0.05) is 0 Å². The molecule has 17 heavy (non-hydrogen) atoms. The van der Waals surface area contributed by atoms with Gasteiger partial charge in [-0.3, -0.25) is 0 Å². The van der Waals surface area contributed by atoms with Crippen molar-refractivity contribution in [2.45, 2.75) is 13.5 Å². The first-order valence-electron chi connectivity index (χ1n) is 5.28. The highest BCUT2D eigenvalue weighted by molar-refractivity contribution is 5.29. The molecule has 2 rings (SSSR count). The summed E-state index contributed by atoms with van der Waals surface area (Å²) in [5, 5.41) is 0. The lowest BCUT2D eigenvalue weighted by molar-refractivity contribution is 0.305. The number of aryl methyl sites for hydroxylation is 1. The highest BCUT2D eigenvalue weighted by atomic mass is 19.1. The van der Waals surface area contributed by atoms with E-state index in [9.17, 15) is 8.78 Å². The maximum Gasteiger partial charge on any atom is 0.126 e. The molecule has 0 aromatic heterocycles. The minimum absolute atomic E-state index is 0.251. The lowest BCUT2D eigenvalue weighted by Gasteiger charge is -2.07. The van der Waals surface area contributed by atoms with E-state index >= 15 is 0 Å². The van der Waals surface area contributed by atoms with E-state index in [2.05, 4.69) is 0 Å². The lowest BCUT2D eigenvalue weighted by Crippen LogP contribution is -1.96. The van der Waals surface area contributed by atoms with Gasteiger partial charge in [-0.2, -0.15) is 0 Å². The fourth-order valence-corrected chi connectivity index (χ4v) is 1.45. The van der Waals surface area contributed by atoms with Crippen molar-refractivity contribution in [3.8, 4) is 5.75 Å². The van der Waals surface area contributed by atoms with Crippen LogP contribution in [0.4, 0.5) is 8.78 Å². The molecule has 0 saturated carbocycles. The molecule has 0 heterocycles. The second kappa shape index (κ2) is 4.95. The third kappa shape index (κ3) is 3.03. The van der Waals surface area contributed by atoms with Crippen LogP contribution in [-0.2, 0) is 6.61 Å². The second-order valence-electron chi connectivity index (χ2n) is 3.83. The van der Waals surface area contributed by atoms with Gasteiger partial charge in [-0.25, -0.2) is 8.78 Å². The monoisotopic (exact) mass is 234 g/mol. The molecule has 88 valence electrons. The van der Waals surface area contributed by atoms with E-state index < -0.39 is 0 Å². The minimum atomic E-state index is -0.272. The van der Waals surface area contributed by atoms with Crippen molar-refractivity contribution in [1.29, 1.82) is 0 Å². The molecule has 0 N–H and O–H groups in total. The van der Waals surface area contributed by atoms with Gasteiger partial charge in [-0.05, 0) is 48.4 Å². The number of hydrogen-bond donors (Lipinski definition) is 0. The van der Waals surface area contributed by atoms with Gasteiger partial charge < -0.3 is 4.74 Å². The number of ether oxygens (including phenoxy) is 1. The molecule has 0 spiro atoms. The Morgan fingerprint density at radius 3 is 2.35 bits per heavy atom. The van der Waals surface area contributed by atoms with Crippen molar-refractivity contribution >= 4 is 0 Å². The maximum atomic E-state index is 13.0. The van der Waals surface area contributed by atoms with Crippen LogP contribution in [-0.4, -0.2) is 0 Å². The average molecular weight is 234 g/mol. The van der Waals surface area contributed by atoms with E-state index in [1.165, 1.54) is 18.2 Å². The Labute approximate surface area is 98.7 Å². The van der Waals surface area contributed by atoms with E-state index in [1.54, 1.807) is 31.2 Å². The summed E-state index contributed by atoms with van der Waals surface area (Å²) in [6.45, 7) is 2.02. The standard InChI is InChI=1S/C14H12F2O/c1-10-8-13(6-7-14(10)16)17-9-11-2-4-12(15)5-3-11/h2-8H,9H2,1H3. The first-order valence-corrected chi connectivity index (χ1v) is 5.28. The van der Waals surface area contributed by atoms with Gasteiger partial charge in [0.15, 0.2) is 0 Å². The highest BCUT2D eigenvalue weighted by Gasteiger charge is 2.00. The quantitative estimate of drug-likeness (QED) is 0.783. The van der Waals surface area contributed by atoms with Gasteiger partial charge in [-0.15, -0.1) is 0 Å². The summed E-state index contributed by atoms with van der Waals surface area (Å²) < 4.78 is 31.2. The van der Waals surface area contributed by atoms with Crippen molar-refractivity contribution in [2.75, 3.05) is 0 Å². The fourth-order valence-electron chi connectivity index (χ4n) is 1.45. The van der Waals surface area contributed by atoms with Crippen molar-refractivity contribution in [2.24, 2.45) is 0 Å². The Hall–Kier alpha value is -1.90. The van der Waals surface area contributed by atoms with Gasteiger partial charge in [-0.1, -0.05) is 12.1 Å². The molecule has 0 fully saturated rings. The predicted molar refractivity (Wildman–Crippen MR) is 61.9 cm³/mol. The fraction of sp³-hybridized carbons (Fsp3) is 0.143. The maximum absolute atomic E-state index is 13.0. The van der Waals surface area contributed by atoms with Crippen molar-refractivity contribution in [1.82, 2.24) is 0 Å². The minimum Gasteiger partial charge on any atom is -0.489 e. The molecule has 1 nitrogen and oxygen atoms in total. The molecule has 0 unspecified atom stereocenters. The summed E-state index contributed by atoms with van der Waals surface area (Å²) in [5.41, 5.74) is 1.41. The molecule has 2 aromatic rings. The van der Waals surface area contributed by atoms with Gasteiger partial charge in [0.2, 0.25) is 0 Å². The van der Waals surface area contributed by atoms with E-state index in [1.807, 2.05) is 0 Å². The number of benzene rings is 2. The van der Waals surface area contributed by atoms with E-state index in [0.717, 1.165) is 5.56 Å². The van der Waals surface area contributed by atoms with Crippen LogP contribution in [0.2, 0.25) is 0 Å².